The number of nitrogens with one attached hydrogen (secondary N) is 3. The van der Waals surface area contributed by atoms with Crippen LogP contribution in [0.2, 0.25) is 0 Å². The molecule has 202 valence electrons. The highest BCUT2D eigenvalue weighted by atomic mass is 19.4. The maximum absolute atomic E-state index is 12.9. The quantitative estimate of drug-likeness (QED) is 0.285. The van der Waals surface area contributed by atoms with E-state index in [1.165, 1.54) is 18.2 Å². The average molecular weight is 533 g/mol. The van der Waals surface area contributed by atoms with Gasteiger partial charge in [0.2, 0.25) is 5.91 Å². The van der Waals surface area contributed by atoms with Gasteiger partial charge in [-0.05, 0) is 48.7 Å². The Morgan fingerprint density at radius 2 is 1.71 bits per heavy atom. The molecular weight excluding hydrogens is 505 g/mol. The smallest absolute Gasteiger partial charge is 0.392 e. The van der Waals surface area contributed by atoms with E-state index >= 15 is 0 Å². The van der Waals surface area contributed by atoms with Gasteiger partial charge in [-0.3, -0.25) is 14.7 Å². The van der Waals surface area contributed by atoms with Crippen molar-refractivity contribution in [3.05, 3.63) is 71.9 Å². The van der Waals surface area contributed by atoms with Gasteiger partial charge in [0.1, 0.15) is 17.2 Å². The number of carbonyl (C=O) groups excluding carboxylic acids is 2. The number of hydrogen-bond acceptors (Lipinski definition) is 6. The van der Waals surface area contributed by atoms with Crippen LogP contribution in [0, 0.1) is 0 Å². The zero-order chi connectivity index (χ0) is 27.7. The second-order valence-electron chi connectivity index (χ2n) is 8.07. The Balaban J connectivity index is 1.68. The highest BCUT2D eigenvalue weighted by Crippen LogP contribution is 2.26. The van der Waals surface area contributed by atoms with Crippen LogP contribution in [0.25, 0.3) is 0 Å². The van der Waals surface area contributed by atoms with Crippen LogP contribution >= 0.6 is 0 Å². The lowest BCUT2D eigenvalue weighted by molar-refractivity contribution is -0.139. The first kappa shape index (κ1) is 28.1. The first-order valence-corrected chi connectivity index (χ1v) is 11.4. The van der Waals surface area contributed by atoms with Crippen LogP contribution in [-0.2, 0) is 17.6 Å². The van der Waals surface area contributed by atoms with Crippen molar-refractivity contribution >= 4 is 23.3 Å². The van der Waals surface area contributed by atoms with Crippen molar-refractivity contribution < 1.29 is 37.0 Å². The summed E-state index contributed by atoms with van der Waals surface area (Å²) in [6, 6.07) is 11.2. The lowest BCUT2D eigenvalue weighted by Crippen LogP contribution is -2.17. The molecule has 0 atom stereocenters. The molecule has 0 unspecified atom stereocenters. The van der Waals surface area contributed by atoms with Crippen LogP contribution in [0.4, 0.5) is 24.7 Å². The SMILES string of the molecule is C=CC(=O)Nc1cc(OCCC(F)(F)F)ccc1C(=O)Nc1cc(CCc2cc(OC)cc(OC)c2)[nH]n1. The maximum atomic E-state index is 12.9. The minimum atomic E-state index is -4.37. The van der Waals surface area contributed by atoms with Crippen molar-refractivity contribution in [2.75, 3.05) is 31.5 Å². The molecule has 0 aliphatic heterocycles. The van der Waals surface area contributed by atoms with Crippen molar-refractivity contribution in [3.8, 4) is 17.2 Å². The van der Waals surface area contributed by atoms with E-state index in [9.17, 15) is 22.8 Å². The second-order valence-corrected chi connectivity index (χ2v) is 8.07. The summed E-state index contributed by atoms with van der Waals surface area (Å²) in [6.07, 6.45) is -3.28. The number of anilines is 2. The predicted molar refractivity (Wildman–Crippen MR) is 135 cm³/mol. The molecule has 3 rings (SSSR count). The summed E-state index contributed by atoms with van der Waals surface area (Å²) in [6.45, 7) is 2.75. The molecule has 3 N–H and O–H groups in total. The van der Waals surface area contributed by atoms with Crippen LogP contribution in [0.15, 0.2) is 55.1 Å². The number of nitrogens with zero attached hydrogens (tertiary/aromatic N) is 1. The maximum Gasteiger partial charge on any atom is 0.392 e. The van der Waals surface area contributed by atoms with Crippen LogP contribution in [0.5, 0.6) is 17.2 Å². The van der Waals surface area contributed by atoms with Gasteiger partial charge in [-0.25, -0.2) is 0 Å². The highest BCUT2D eigenvalue weighted by molar-refractivity contribution is 6.11. The number of ether oxygens (including phenoxy) is 3. The van der Waals surface area contributed by atoms with Crippen LogP contribution in [0.1, 0.15) is 28.0 Å². The molecule has 0 aliphatic rings. The van der Waals surface area contributed by atoms with Gasteiger partial charge in [-0.1, -0.05) is 6.58 Å². The molecule has 3 aromatic rings. The van der Waals surface area contributed by atoms with E-state index in [1.54, 1.807) is 26.4 Å². The molecule has 2 aromatic carbocycles. The molecule has 0 aliphatic carbocycles. The Morgan fingerprint density at radius 3 is 2.34 bits per heavy atom. The third kappa shape index (κ3) is 8.29. The molecule has 12 heteroatoms. The molecule has 0 radical (unpaired) electrons. The Bertz CT molecular complexity index is 1270. The number of halogens is 3. The highest BCUT2D eigenvalue weighted by Gasteiger charge is 2.27. The Hall–Kier alpha value is -4.48. The van der Waals surface area contributed by atoms with Gasteiger partial charge in [0.05, 0.1) is 38.5 Å². The average Bonchev–Trinajstić information content (AvgIpc) is 3.33. The third-order valence-corrected chi connectivity index (χ3v) is 5.30. The van der Waals surface area contributed by atoms with E-state index < -0.39 is 31.0 Å². The molecule has 0 spiro atoms. The molecular formula is C26H27F3N4O5. The predicted octanol–water partition coefficient (Wildman–Crippen LogP) is 4.92. The largest absolute Gasteiger partial charge is 0.497 e. The lowest BCUT2D eigenvalue weighted by atomic mass is 10.1. The van der Waals surface area contributed by atoms with Crippen LogP contribution in [-0.4, -0.2) is 49.0 Å². The van der Waals surface area contributed by atoms with Crippen molar-refractivity contribution in [1.29, 1.82) is 0 Å². The number of rotatable bonds is 12. The lowest BCUT2D eigenvalue weighted by Gasteiger charge is -2.13. The summed E-state index contributed by atoms with van der Waals surface area (Å²) in [4.78, 5) is 24.8. The van der Waals surface area contributed by atoms with E-state index in [1.807, 2.05) is 12.1 Å². The summed E-state index contributed by atoms with van der Waals surface area (Å²) < 4.78 is 52.9. The zero-order valence-electron chi connectivity index (χ0n) is 20.8. The van der Waals surface area contributed by atoms with Gasteiger partial charge in [0.25, 0.3) is 5.91 Å². The third-order valence-electron chi connectivity index (χ3n) is 5.30. The molecule has 38 heavy (non-hydrogen) atoms. The molecule has 0 bridgehead atoms. The molecule has 0 fully saturated rings. The molecule has 0 saturated heterocycles. The molecule has 0 saturated carbocycles. The van der Waals surface area contributed by atoms with E-state index in [-0.39, 0.29) is 22.8 Å². The first-order valence-electron chi connectivity index (χ1n) is 11.4. The number of hydrogen-bond donors (Lipinski definition) is 3. The van der Waals surface area contributed by atoms with Crippen molar-refractivity contribution in [1.82, 2.24) is 10.2 Å². The number of aromatic nitrogens is 2. The summed E-state index contributed by atoms with van der Waals surface area (Å²) in [5.74, 6) is 0.451. The van der Waals surface area contributed by atoms with Gasteiger partial charge in [-0.2, -0.15) is 18.3 Å². The van der Waals surface area contributed by atoms with Crippen molar-refractivity contribution in [3.63, 3.8) is 0 Å². The zero-order valence-corrected chi connectivity index (χ0v) is 20.8. The van der Waals surface area contributed by atoms with Crippen molar-refractivity contribution in [2.45, 2.75) is 25.4 Å². The van der Waals surface area contributed by atoms with E-state index in [0.717, 1.165) is 17.3 Å². The number of aromatic amines is 1. The molecule has 9 nitrogen and oxygen atoms in total. The monoisotopic (exact) mass is 532 g/mol. The molecule has 2 amide bonds. The van der Waals surface area contributed by atoms with E-state index in [4.69, 9.17) is 14.2 Å². The fourth-order valence-corrected chi connectivity index (χ4v) is 3.41. The molecule has 1 heterocycles. The fourth-order valence-electron chi connectivity index (χ4n) is 3.41. The number of alkyl halides is 3. The Morgan fingerprint density at radius 1 is 1.00 bits per heavy atom. The topological polar surface area (TPSA) is 115 Å². The normalized spacial score (nSPS) is 11.0. The van der Waals surface area contributed by atoms with Gasteiger partial charge >= 0.3 is 6.18 Å². The molecule has 1 aromatic heterocycles. The first-order chi connectivity index (χ1) is 18.1. The summed E-state index contributed by atoms with van der Waals surface area (Å²) >= 11 is 0. The number of benzene rings is 2. The standard InChI is InChI=1S/C26H27F3N4O5/c1-4-24(34)30-22-15-18(38-10-9-26(27,28)29)7-8-21(22)25(35)31-23-13-17(32-33-23)6-5-16-11-19(36-2)14-20(12-16)37-3/h4,7-8,11-15H,1,5-6,9-10H2,2-3H3,(H,30,34)(H2,31,32,33,35). The number of H-pyrrole nitrogens is 1. The van der Waals surface area contributed by atoms with Gasteiger partial charge in [0.15, 0.2) is 5.82 Å². The number of amides is 2. The van der Waals surface area contributed by atoms with Gasteiger partial charge < -0.3 is 24.8 Å². The van der Waals surface area contributed by atoms with Gasteiger partial charge in [-0.15, -0.1) is 0 Å². The van der Waals surface area contributed by atoms with Crippen molar-refractivity contribution in [2.24, 2.45) is 0 Å². The number of methoxy groups -OCH3 is 2. The summed E-state index contributed by atoms with van der Waals surface area (Å²) in [5.41, 5.74) is 1.84. The fraction of sp³-hybridized carbons (Fsp3) is 0.269. The van der Waals surface area contributed by atoms with Crippen LogP contribution < -0.4 is 24.8 Å². The minimum Gasteiger partial charge on any atom is -0.497 e. The number of aryl methyl sites for hydroxylation is 2. The number of carbonyl (C=O) groups is 2. The minimum absolute atomic E-state index is 0.0413. The second kappa shape index (κ2) is 12.7. The van der Waals surface area contributed by atoms with E-state index in [2.05, 4.69) is 27.4 Å². The van der Waals surface area contributed by atoms with Crippen LogP contribution in [0.3, 0.4) is 0 Å². The van der Waals surface area contributed by atoms with Gasteiger partial charge in [0, 0.05) is 23.9 Å². The summed E-state index contributed by atoms with van der Waals surface area (Å²) in [7, 11) is 3.15. The van der Waals surface area contributed by atoms with E-state index in [0.29, 0.717) is 24.3 Å². The Labute approximate surface area is 217 Å². The Kier molecular flexibility index (Phi) is 9.36. The summed E-state index contributed by atoms with van der Waals surface area (Å²) in [5, 5.41) is 12.1.